The first-order chi connectivity index (χ1) is 13.0. The lowest BCUT2D eigenvalue weighted by Crippen LogP contribution is -2.30. The summed E-state index contributed by atoms with van der Waals surface area (Å²) >= 11 is 5.92. The highest BCUT2D eigenvalue weighted by molar-refractivity contribution is 6.31. The van der Waals surface area contributed by atoms with Gasteiger partial charge in [0.2, 0.25) is 5.91 Å². The van der Waals surface area contributed by atoms with Gasteiger partial charge in [-0.1, -0.05) is 17.7 Å². The number of carbonyl (C=O) groups is 1. The molecule has 0 aliphatic rings. The fraction of sp³-hybridized carbons (Fsp3) is 0.222. The molecule has 0 spiro atoms. The molecule has 0 saturated carbocycles. The molecule has 0 aliphatic heterocycles. The summed E-state index contributed by atoms with van der Waals surface area (Å²) in [5.41, 5.74) is 1.09. The van der Waals surface area contributed by atoms with E-state index in [9.17, 15) is 9.18 Å². The van der Waals surface area contributed by atoms with Gasteiger partial charge in [-0.2, -0.15) is 5.10 Å². The predicted molar refractivity (Wildman–Crippen MR) is 101 cm³/mol. The highest BCUT2D eigenvalue weighted by Gasteiger charge is 2.11. The van der Waals surface area contributed by atoms with E-state index in [2.05, 4.69) is 25.9 Å². The number of carbonyl (C=O) groups excluding carboxylic acids is 1. The summed E-state index contributed by atoms with van der Waals surface area (Å²) in [6, 6.07) is 9.79. The molecular formula is C18H18ClFN6O. The minimum absolute atomic E-state index is 0.108. The van der Waals surface area contributed by atoms with E-state index in [1.165, 1.54) is 12.1 Å². The maximum absolute atomic E-state index is 13.7. The Morgan fingerprint density at radius 3 is 2.70 bits per heavy atom. The van der Waals surface area contributed by atoms with Crippen molar-refractivity contribution in [2.75, 3.05) is 18.4 Å². The van der Waals surface area contributed by atoms with Gasteiger partial charge in [0.1, 0.15) is 11.6 Å². The standard InChI is InChI=1S/C18H18ClFN6O/c1-12-7-10-26(25-12)17-6-5-16(23-24-17)21-8-9-22-18(27)11-13-14(19)3-2-4-15(13)20/h2-7,10H,8-9,11H2,1H3,(H,21,23)(H,22,27). The molecule has 0 atom stereocenters. The van der Waals surface area contributed by atoms with E-state index < -0.39 is 5.82 Å². The van der Waals surface area contributed by atoms with E-state index in [1.54, 1.807) is 22.9 Å². The number of halogens is 2. The Labute approximate surface area is 160 Å². The number of benzene rings is 1. The van der Waals surface area contributed by atoms with Crippen molar-refractivity contribution < 1.29 is 9.18 Å². The van der Waals surface area contributed by atoms with E-state index in [0.717, 1.165) is 5.69 Å². The average molecular weight is 389 g/mol. The largest absolute Gasteiger partial charge is 0.367 e. The van der Waals surface area contributed by atoms with Gasteiger partial charge in [0.25, 0.3) is 0 Å². The summed E-state index contributed by atoms with van der Waals surface area (Å²) in [6.45, 7) is 2.70. The quantitative estimate of drug-likeness (QED) is 0.607. The molecular weight excluding hydrogens is 371 g/mol. The van der Waals surface area contributed by atoms with E-state index in [4.69, 9.17) is 11.6 Å². The summed E-state index contributed by atoms with van der Waals surface area (Å²) in [5.74, 6) is 0.399. The molecule has 7 nitrogen and oxygen atoms in total. The lowest BCUT2D eigenvalue weighted by Gasteiger charge is -2.09. The molecule has 0 bridgehead atoms. The van der Waals surface area contributed by atoms with E-state index in [0.29, 0.717) is 24.7 Å². The predicted octanol–water partition coefficient (Wildman–Crippen LogP) is 2.53. The van der Waals surface area contributed by atoms with Crippen molar-refractivity contribution in [3.05, 3.63) is 64.7 Å². The van der Waals surface area contributed by atoms with Crippen molar-refractivity contribution in [1.29, 1.82) is 0 Å². The van der Waals surface area contributed by atoms with Crippen LogP contribution in [-0.2, 0) is 11.2 Å². The van der Waals surface area contributed by atoms with Crippen LogP contribution in [0.15, 0.2) is 42.6 Å². The summed E-state index contributed by atoms with van der Waals surface area (Å²) in [5, 5.41) is 18.4. The van der Waals surface area contributed by atoms with Crippen LogP contribution in [0.3, 0.4) is 0 Å². The molecule has 2 N–H and O–H groups in total. The number of anilines is 1. The van der Waals surface area contributed by atoms with Gasteiger partial charge in [-0.25, -0.2) is 9.07 Å². The van der Waals surface area contributed by atoms with Gasteiger partial charge in [-0.05, 0) is 37.3 Å². The number of amides is 1. The maximum Gasteiger partial charge on any atom is 0.224 e. The van der Waals surface area contributed by atoms with Crippen LogP contribution in [0.5, 0.6) is 0 Å². The molecule has 1 aromatic carbocycles. The number of hydrogen-bond acceptors (Lipinski definition) is 5. The zero-order valence-corrected chi connectivity index (χ0v) is 15.4. The molecule has 0 aliphatic carbocycles. The molecule has 0 unspecified atom stereocenters. The molecule has 3 rings (SSSR count). The number of hydrogen-bond donors (Lipinski definition) is 2. The Morgan fingerprint density at radius 1 is 1.19 bits per heavy atom. The van der Waals surface area contributed by atoms with E-state index in [-0.39, 0.29) is 22.9 Å². The van der Waals surface area contributed by atoms with Gasteiger partial charge in [-0.3, -0.25) is 4.79 Å². The Morgan fingerprint density at radius 2 is 2.04 bits per heavy atom. The lowest BCUT2D eigenvalue weighted by molar-refractivity contribution is -0.120. The topological polar surface area (TPSA) is 84.7 Å². The van der Waals surface area contributed by atoms with Crippen LogP contribution >= 0.6 is 11.6 Å². The van der Waals surface area contributed by atoms with Gasteiger partial charge in [-0.15, -0.1) is 10.2 Å². The molecule has 0 saturated heterocycles. The summed E-state index contributed by atoms with van der Waals surface area (Å²) in [6.07, 6.45) is 1.70. The average Bonchev–Trinajstić information content (AvgIpc) is 3.09. The highest BCUT2D eigenvalue weighted by Crippen LogP contribution is 2.19. The number of aromatic nitrogens is 4. The van der Waals surface area contributed by atoms with Gasteiger partial charge in [0.05, 0.1) is 12.1 Å². The van der Waals surface area contributed by atoms with Crippen LogP contribution in [0.4, 0.5) is 10.2 Å². The Balaban J connectivity index is 1.44. The summed E-state index contributed by atoms with van der Waals surface area (Å²) < 4.78 is 15.3. The molecule has 1 amide bonds. The Hall–Kier alpha value is -3.00. The number of aryl methyl sites for hydroxylation is 1. The van der Waals surface area contributed by atoms with Crippen molar-refractivity contribution >= 4 is 23.3 Å². The third kappa shape index (κ3) is 5.01. The zero-order chi connectivity index (χ0) is 19.2. The molecule has 0 radical (unpaired) electrons. The third-order valence-electron chi connectivity index (χ3n) is 3.76. The minimum Gasteiger partial charge on any atom is -0.367 e. The third-order valence-corrected chi connectivity index (χ3v) is 4.11. The second-order valence-electron chi connectivity index (χ2n) is 5.83. The Kier molecular flexibility index (Phi) is 5.97. The van der Waals surface area contributed by atoms with Gasteiger partial charge in [0, 0.05) is 29.9 Å². The normalized spacial score (nSPS) is 10.6. The molecule has 3 aromatic rings. The summed E-state index contributed by atoms with van der Waals surface area (Å²) in [4.78, 5) is 11.9. The van der Waals surface area contributed by atoms with Crippen molar-refractivity contribution in [3.63, 3.8) is 0 Å². The van der Waals surface area contributed by atoms with Crippen molar-refractivity contribution in [2.45, 2.75) is 13.3 Å². The molecule has 2 heterocycles. The van der Waals surface area contributed by atoms with Crippen LogP contribution in [0.25, 0.3) is 5.82 Å². The van der Waals surface area contributed by atoms with Crippen LogP contribution in [0.1, 0.15) is 11.3 Å². The summed E-state index contributed by atoms with van der Waals surface area (Å²) in [7, 11) is 0. The highest BCUT2D eigenvalue weighted by atomic mass is 35.5. The first-order valence-electron chi connectivity index (χ1n) is 8.33. The van der Waals surface area contributed by atoms with Crippen molar-refractivity contribution in [1.82, 2.24) is 25.3 Å². The SMILES string of the molecule is Cc1ccn(-c2ccc(NCCNC(=O)Cc3c(F)cccc3Cl)nn2)n1. The number of nitrogens with one attached hydrogen (secondary N) is 2. The number of rotatable bonds is 7. The van der Waals surface area contributed by atoms with Gasteiger partial charge in [0.15, 0.2) is 5.82 Å². The molecule has 2 aromatic heterocycles. The monoisotopic (exact) mass is 388 g/mol. The molecule has 140 valence electrons. The van der Waals surface area contributed by atoms with Crippen LogP contribution < -0.4 is 10.6 Å². The fourth-order valence-corrected chi connectivity index (χ4v) is 2.63. The second-order valence-corrected chi connectivity index (χ2v) is 6.24. The molecule has 27 heavy (non-hydrogen) atoms. The van der Waals surface area contributed by atoms with E-state index >= 15 is 0 Å². The smallest absolute Gasteiger partial charge is 0.224 e. The Bertz CT molecular complexity index is 908. The van der Waals surface area contributed by atoms with Crippen LogP contribution in [0, 0.1) is 12.7 Å². The first kappa shape index (κ1) is 18.8. The minimum atomic E-state index is -0.487. The van der Waals surface area contributed by atoms with E-state index in [1.807, 2.05) is 19.2 Å². The molecule has 0 fully saturated rings. The van der Waals surface area contributed by atoms with Crippen molar-refractivity contribution in [2.24, 2.45) is 0 Å². The fourth-order valence-electron chi connectivity index (χ4n) is 2.40. The van der Waals surface area contributed by atoms with Gasteiger partial charge >= 0.3 is 0 Å². The van der Waals surface area contributed by atoms with Gasteiger partial charge < -0.3 is 10.6 Å². The number of nitrogens with zero attached hydrogens (tertiary/aromatic N) is 4. The zero-order valence-electron chi connectivity index (χ0n) is 14.6. The van der Waals surface area contributed by atoms with Crippen LogP contribution in [-0.4, -0.2) is 39.0 Å². The first-order valence-corrected chi connectivity index (χ1v) is 8.70. The lowest BCUT2D eigenvalue weighted by atomic mass is 10.1. The second kappa shape index (κ2) is 8.59. The maximum atomic E-state index is 13.7. The van der Waals surface area contributed by atoms with Crippen molar-refractivity contribution in [3.8, 4) is 5.82 Å². The molecule has 9 heteroatoms. The van der Waals surface area contributed by atoms with Crippen LogP contribution in [0.2, 0.25) is 5.02 Å².